The Morgan fingerprint density at radius 3 is 2.35 bits per heavy atom. The average molecular weight is 424 g/mol. The number of urea groups is 1. The molecule has 0 aliphatic carbocycles. The van der Waals surface area contributed by atoms with Crippen LogP contribution in [0.15, 0.2) is 48.0 Å². The van der Waals surface area contributed by atoms with E-state index in [0.29, 0.717) is 17.1 Å². The summed E-state index contributed by atoms with van der Waals surface area (Å²) in [7, 11) is 2.95. The lowest BCUT2D eigenvalue weighted by atomic mass is 10.1. The number of imide groups is 2. The molecule has 1 N–H and O–H groups in total. The summed E-state index contributed by atoms with van der Waals surface area (Å²) in [5, 5.41) is 2.15. The monoisotopic (exact) mass is 424 g/mol. The zero-order valence-electron chi connectivity index (χ0n) is 17.1. The number of rotatable bonds is 6. The van der Waals surface area contributed by atoms with Gasteiger partial charge in [-0.25, -0.2) is 14.5 Å². The van der Waals surface area contributed by atoms with Crippen LogP contribution in [0.3, 0.4) is 0 Å². The van der Waals surface area contributed by atoms with Crippen molar-refractivity contribution in [2.75, 3.05) is 25.7 Å². The molecule has 0 saturated carbocycles. The number of hydrogen-bond donors (Lipinski definition) is 1. The van der Waals surface area contributed by atoms with Gasteiger partial charge in [-0.05, 0) is 49.4 Å². The molecule has 1 heterocycles. The third-order valence-corrected chi connectivity index (χ3v) is 4.48. The molecular formula is C22H20N2O7. The van der Waals surface area contributed by atoms with Gasteiger partial charge in [-0.15, -0.1) is 0 Å². The van der Waals surface area contributed by atoms with Crippen LogP contribution in [0.4, 0.5) is 10.5 Å². The van der Waals surface area contributed by atoms with E-state index in [1.807, 2.05) is 0 Å². The first-order chi connectivity index (χ1) is 14.9. The number of hydrogen-bond acceptors (Lipinski definition) is 7. The number of amides is 4. The quantitative estimate of drug-likeness (QED) is 0.431. The molecule has 9 heteroatoms. The summed E-state index contributed by atoms with van der Waals surface area (Å²) in [6.45, 7) is 1.91. The standard InChI is InChI=1S/C22H20N2O7/c1-4-31-21(27)13-5-8-15(9-6-13)24-20(26)17(19(25)23-22(24)28)11-14-7-10-16(29-2)12-18(14)30-3/h5-12H,4H2,1-3H3,(H,23,25,28)/b17-11+. The van der Waals surface area contributed by atoms with Gasteiger partial charge in [-0.3, -0.25) is 14.9 Å². The van der Waals surface area contributed by atoms with E-state index in [9.17, 15) is 19.2 Å². The van der Waals surface area contributed by atoms with E-state index in [1.54, 1.807) is 25.1 Å². The van der Waals surface area contributed by atoms with Crippen molar-refractivity contribution in [2.45, 2.75) is 6.92 Å². The normalized spacial score (nSPS) is 15.0. The molecule has 0 spiro atoms. The van der Waals surface area contributed by atoms with E-state index in [-0.39, 0.29) is 23.4 Å². The average Bonchev–Trinajstić information content (AvgIpc) is 2.77. The van der Waals surface area contributed by atoms with Gasteiger partial charge in [0.2, 0.25) is 0 Å². The number of nitrogens with zero attached hydrogens (tertiary/aromatic N) is 1. The summed E-state index contributed by atoms with van der Waals surface area (Å²) >= 11 is 0. The van der Waals surface area contributed by atoms with Gasteiger partial charge in [0.05, 0.1) is 32.1 Å². The van der Waals surface area contributed by atoms with Crippen molar-refractivity contribution in [1.82, 2.24) is 5.32 Å². The topological polar surface area (TPSA) is 111 Å². The third-order valence-electron chi connectivity index (χ3n) is 4.48. The summed E-state index contributed by atoms with van der Waals surface area (Å²) < 4.78 is 15.4. The van der Waals surface area contributed by atoms with Crippen LogP contribution < -0.4 is 19.7 Å². The molecule has 160 valence electrons. The number of methoxy groups -OCH3 is 2. The molecule has 1 fully saturated rings. The van der Waals surface area contributed by atoms with Gasteiger partial charge >= 0.3 is 12.0 Å². The SMILES string of the molecule is CCOC(=O)c1ccc(N2C(=O)NC(=O)/C(=C\c3ccc(OC)cc3OC)C2=O)cc1. The van der Waals surface area contributed by atoms with Crippen LogP contribution in [0.5, 0.6) is 11.5 Å². The lowest BCUT2D eigenvalue weighted by Gasteiger charge is -2.26. The molecule has 31 heavy (non-hydrogen) atoms. The van der Waals surface area contributed by atoms with Crippen molar-refractivity contribution in [3.05, 3.63) is 59.2 Å². The van der Waals surface area contributed by atoms with Crippen LogP contribution >= 0.6 is 0 Å². The Morgan fingerprint density at radius 2 is 1.74 bits per heavy atom. The molecule has 4 amide bonds. The Kier molecular flexibility index (Phi) is 6.35. The van der Waals surface area contributed by atoms with E-state index in [1.165, 1.54) is 44.6 Å². The Bertz CT molecular complexity index is 1070. The van der Waals surface area contributed by atoms with Crippen molar-refractivity contribution in [3.8, 4) is 11.5 Å². The van der Waals surface area contributed by atoms with E-state index >= 15 is 0 Å². The smallest absolute Gasteiger partial charge is 0.338 e. The molecule has 0 atom stereocenters. The number of ether oxygens (including phenoxy) is 3. The second-order valence-corrected chi connectivity index (χ2v) is 6.33. The van der Waals surface area contributed by atoms with Crippen molar-refractivity contribution < 1.29 is 33.4 Å². The lowest BCUT2D eigenvalue weighted by molar-refractivity contribution is -0.122. The first-order valence-electron chi connectivity index (χ1n) is 9.30. The molecule has 1 saturated heterocycles. The highest BCUT2D eigenvalue weighted by atomic mass is 16.5. The fraction of sp³-hybridized carbons (Fsp3) is 0.182. The Hall–Kier alpha value is -4.14. The number of barbiturate groups is 1. The molecule has 9 nitrogen and oxygen atoms in total. The van der Waals surface area contributed by atoms with Gasteiger partial charge < -0.3 is 14.2 Å². The second kappa shape index (κ2) is 9.12. The van der Waals surface area contributed by atoms with Gasteiger partial charge in [0.1, 0.15) is 17.1 Å². The fourth-order valence-electron chi connectivity index (χ4n) is 2.95. The van der Waals surface area contributed by atoms with E-state index < -0.39 is 23.8 Å². The predicted octanol–water partition coefficient (Wildman–Crippen LogP) is 2.55. The van der Waals surface area contributed by atoms with Crippen LogP contribution in [0.25, 0.3) is 6.08 Å². The molecule has 1 aliphatic rings. The van der Waals surface area contributed by atoms with Crippen molar-refractivity contribution >= 4 is 35.6 Å². The zero-order chi connectivity index (χ0) is 22.5. The number of carbonyl (C=O) groups is 4. The van der Waals surface area contributed by atoms with Gasteiger partial charge in [0, 0.05) is 11.6 Å². The highest BCUT2D eigenvalue weighted by molar-refractivity contribution is 6.39. The number of nitrogens with one attached hydrogen (secondary N) is 1. The summed E-state index contributed by atoms with van der Waals surface area (Å²) in [6, 6.07) is 9.69. The molecular weight excluding hydrogens is 404 g/mol. The minimum absolute atomic E-state index is 0.190. The van der Waals surface area contributed by atoms with E-state index in [0.717, 1.165) is 4.90 Å². The molecule has 1 aliphatic heterocycles. The Balaban J connectivity index is 1.96. The van der Waals surface area contributed by atoms with Crippen LogP contribution in [-0.2, 0) is 14.3 Å². The largest absolute Gasteiger partial charge is 0.497 e. The molecule has 0 aromatic heterocycles. The first kappa shape index (κ1) is 21.6. The van der Waals surface area contributed by atoms with Crippen molar-refractivity contribution in [2.24, 2.45) is 0 Å². The summed E-state index contributed by atoms with van der Waals surface area (Å²) in [5.41, 5.74) is 0.659. The third kappa shape index (κ3) is 4.40. The maximum atomic E-state index is 13.0. The Labute approximate surface area is 178 Å². The van der Waals surface area contributed by atoms with Gasteiger partial charge in [0.25, 0.3) is 11.8 Å². The molecule has 3 rings (SSSR count). The minimum atomic E-state index is -0.891. The second-order valence-electron chi connectivity index (χ2n) is 6.33. The number of esters is 1. The molecule has 0 bridgehead atoms. The number of benzene rings is 2. The number of anilines is 1. The zero-order valence-corrected chi connectivity index (χ0v) is 17.1. The van der Waals surface area contributed by atoms with Crippen LogP contribution in [0, 0.1) is 0 Å². The Morgan fingerprint density at radius 1 is 1.03 bits per heavy atom. The highest BCUT2D eigenvalue weighted by Crippen LogP contribution is 2.28. The molecule has 2 aromatic carbocycles. The van der Waals surface area contributed by atoms with Gasteiger partial charge in [0.15, 0.2) is 0 Å². The van der Waals surface area contributed by atoms with E-state index in [4.69, 9.17) is 14.2 Å². The lowest BCUT2D eigenvalue weighted by Crippen LogP contribution is -2.54. The van der Waals surface area contributed by atoms with Gasteiger partial charge in [-0.1, -0.05) is 0 Å². The van der Waals surface area contributed by atoms with Crippen LogP contribution in [0.2, 0.25) is 0 Å². The van der Waals surface area contributed by atoms with Crippen LogP contribution in [0.1, 0.15) is 22.8 Å². The van der Waals surface area contributed by atoms with Crippen LogP contribution in [-0.4, -0.2) is 44.6 Å². The highest BCUT2D eigenvalue weighted by Gasteiger charge is 2.37. The summed E-state index contributed by atoms with van der Waals surface area (Å²) in [4.78, 5) is 50.4. The first-order valence-corrected chi connectivity index (χ1v) is 9.30. The van der Waals surface area contributed by atoms with Crippen molar-refractivity contribution in [1.29, 1.82) is 0 Å². The van der Waals surface area contributed by atoms with Gasteiger partial charge in [-0.2, -0.15) is 0 Å². The molecule has 2 aromatic rings. The summed E-state index contributed by atoms with van der Waals surface area (Å²) in [6.07, 6.45) is 1.34. The predicted molar refractivity (Wildman–Crippen MR) is 111 cm³/mol. The number of carbonyl (C=O) groups excluding carboxylic acids is 4. The molecule has 0 unspecified atom stereocenters. The summed E-state index contributed by atoms with van der Waals surface area (Å²) in [5.74, 6) is -1.24. The maximum Gasteiger partial charge on any atom is 0.338 e. The fourth-order valence-corrected chi connectivity index (χ4v) is 2.95. The van der Waals surface area contributed by atoms with E-state index in [2.05, 4.69) is 5.32 Å². The molecule has 0 radical (unpaired) electrons. The minimum Gasteiger partial charge on any atom is -0.497 e. The van der Waals surface area contributed by atoms with Crippen molar-refractivity contribution in [3.63, 3.8) is 0 Å². The maximum absolute atomic E-state index is 13.0.